The van der Waals surface area contributed by atoms with Gasteiger partial charge in [-0.15, -0.1) is 5.10 Å². The molecule has 0 radical (unpaired) electrons. The van der Waals surface area contributed by atoms with Gasteiger partial charge in [0.2, 0.25) is 0 Å². The van der Waals surface area contributed by atoms with E-state index in [9.17, 15) is 0 Å². The lowest BCUT2D eigenvalue weighted by molar-refractivity contribution is 0.644. The van der Waals surface area contributed by atoms with Crippen LogP contribution in [0.4, 0.5) is 11.6 Å². The Labute approximate surface area is 141 Å². The maximum Gasteiger partial charge on any atom is 0.151 e. The van der Waals surface area contributed by atoms with Crippen molar-refractivity contribution in [3.63, 3.8) is 0 Å². The van der Waals surface area contributed by atoms with Crippen LogP contribution >= 0.6 is 0 Å². The summed E-state index contributed by atoms with van der Waals surface area (Å²) >= 11 is 0. The molecule has 4 rings (SSSR count). The van der Waals surface area contributed by atoms with Gasteiger partial charge >= 0.3 is 0 Å². The first kappa shape index (κ1) is 14.8. The molecule has 3 aromatic rings. The van der Waals surface area contributed by atoms with Crippen LogP contribution in [-0.2, 0) is 0 Å². The second kappa shape index (κ2) is 6.39. The lowest BCUT2D eigenvalue weighted by Crippen LogP contribution is -2.39. The third-order valence-electron chi connectivity index (χ3n) is 4.60. The summed E-state index contributed by atoms with van der Waals surface area (Å²) in [5.41, 5.74) is 0.978. The first-order chi connectivity index (χ1) is 11.8. The Morgan fingerprint density at radius 2 is 2.08 bits per heavy atom. The summed E-state index contributed by atoms with van der Waals surface area (Å²) in [7, 11) is 2.10. The quantitative estimate of drug-likeness (QED) is 0.736. The van der Waals surface area contributed by atoms with E-state index < -0.39 is 0 Å². The molecule has 0 bridgehead atoms. The third-order valence-corrected chi connectivity index (χ3v) is 4.60. The largest absolute Gasteiger partial charge is 0.357 e. The van der Waals surface area contributed by atoms with Crippen LogP contribution in [0.1, 0.15) is 12.8 Å². The van der Waals surface area contributed by atoms with E-state index in [1.54, 1.807) is 12.5 Å². The van der Waals surface area contributed by atoms with E-state index in [2.05, 4.69) is 43.1 Å². The van der Waals surface area contributed by atoms with E-state index in [1.807, 2.05) is 30.3 Å². The highest BCUT2D eigenvalue weighted by Gasteiger charge is 2.27. The van der Waals surface area contributed by atoms with Crippen molar-refractivity contribution in [1.82, 2.24) is 20.2 Å². The first-order valence-corrected chi connectivity index (χ1v) is 8.28. The number of fused-ring (bicyclic) bond motifs is 1. The number of benzene rings is 1. The van der Waals surface area contributed by atoms with Crippen molar-refractivity contribution in [3.8, 4) is 0 Å². The Balaban J connectivity index is 1.58. The minimum Gasteiger partial charge on any atom is -0.357 e. The number of hydrogen-bond acceptors (Lipinski definition) is 6. The fourth-order valence-electron chi connectivity index (χ4n) is 3.47. The van der Waals surface area contributed by atoms with E-state index in [0.717, 1.165) is 42.0 Å². The molecule has 0 unspecified atom stereocenters. The van der Waals surface area contributed by atoms with Gasteiger partial charge in [-0.25, -0.2) is 9.97 Å². The van der Waals surface area contributed by atoms with E-state index in [4.69, 9.17) is 0 Å². The molecule has 0 N–H and O–H groups in total. The minimum absolute atomic E-state index is 0.417. The SMILES string of the molecule is CN(C[C@@H]1CCCN1c1cccnn1)c1ncnc2ccccc12. The highest BCUT2D eigenvalue weighted by molar-refractivity contribution is 5.89. The zero-order chi connectivity index (χ0) is 16.4. The molecular weight excluding hydrogens is 300 g/mol. The molecule has 1 aromatic carbocycles. The van der Waals surface area contributed by atoms with Crippen LogP contribution in [0, 0.1) is 0 Å². The summed E-state index contributed by atoms with van der Waals surface area (Å²) < 4.78 is 0. The van der Waals surface area contributed by atoms with Crippen LogP contribution < -0.4 is 9.80 Å². The number of hydrogen-bond donors (Lipinski definition) is 0. The summed E-state index contributed by atoms with van der Waals surface area (Å²) in [5, 5.41) is 9.38. The Bertz CT molecular complexity index is 817. The second-order valence-corrected chi connectivity index (χ2v) is 6.17. The lowest BCUT2D eigenvalue weighted by atomic mass is 10.2. The zero-order valence-corrected chi connectivity index (χ0v) is 13.7. The van der Waals surface area contributed by atoms with Crippen LogP contribution in [0.25, 0.3) is 10.9 Å². The number of likely N-dealkylation sites (N-methyl/N-ethyl adjacent to an activating group) is 1. The first-order valence-electron chi connectivity index (χ1n) is 8.28. The van der Waals surface area contributed by atoms with Gasteiger partial charge in [-0.05, 0) is 37.1 Å². The fourth-order valence-corrected chi connectivity index (χ4v) is 3.47. The molecule has 1 fully saturated rings. The average molecular weight is 320 g/mol. The standard InChI is InChI=1S/C18H20N6/c1-23(18-15-7-2-3-8-16(15)19-13-20-18)12-14-6-5-11-24(14)17-9-4-10-21-22-17/h2-4,7-10,13-14H,5-6,11-12H2,1H3/t14-/m0/s1. The molecule has 6 nitrogen and oxygen atoms in total. The Hall–Kier alpha value is -2.76. The Morgan fingerprint density at radius 3 is 2.96 bits per heavy atom. The van der Waals surface area contributed by atoms with Gasteiger partial charge in [0.05, 0.1) is 5.52 Å². The predicted octanol–water partition coefficient (Wildman–Crippen LogP) is 2.53. The number of aromatic nitrogens is 4. The van der Waals surface area contributed by atoms with Crippen molar-refractivity contribution in [3.05, 3.63) is 48.9 Å². The van der Waals surface area contributed by atoms with Gasteiger partial charge in [0, 0.05) is 37.8 Å². The Morgan fingerprint density at radius 1 is 1.17 bits per heavy atom. The molecule has 3 heterocycles. The van der Waals surface area contributed by atoms with E-state index in [-0.39, 0.29) is 0 Å². The number of nitrogens with zero attached hydrogens (tertiary/aromatic N) is 6. The summed E-state index contributed by atoms with van der Waals surface area (Å²) in [6.07, 6.45) is 5.69. The smallest absolute Gasteiger partial charge is 0.151 e. The summed E-state index contributed by atoms with van der Waals surface area (Å²) in [4.78, 5) is 13.4. The maximum absolute atomic E-state index is 4.51. The van der Waals surface area contributed by atoms with Gasteiger partial charge < -0.3 is 9.80 Å². The zero-order valence-electron chi connectivity index (χ0n) is 13.7. The molecule has 1 aliphatic heterocycles. The Kier molecular flexibility index (Phi) is 3.94. The van der Waals surface area contributed by atoms with Crippen molar-refractivity contribution in [1.29, 1.82) is 0 Å². The molecule has 24 heavy (non-hydrogen) atoms. The number of anilines is 2. The van der Waals surface area contributed by atoms with Crippen molar-refractivity contribution in [2.75, 3.05) is 29.9 Å². The molecule has 122 valence electrons. The summed E-state index contributed by atoms with van der Waals surface area (Å²) in [6.45, 7) is 1.93. The van der Waals surface area contributed by atoms with Crippen molar-refractivity contribution < 1.29 is 0 Å². The van der Waals surface area contributed by atoms with E-state index >= 15 is 0 Å². The van der Waals surface area contributed by atoms with Crippen molar-refractivity contribution in [2.45, 2.75) is 18.9 Å². The maximum atomic E-state index is 4.51. The van der Waals surface area contributed by atoms with Crippen LogP contribution in [0.2, 0.25) is 0 Å². The molecule has 0 spiro atoms. The summed E-state index contributed by atoms with van der Waals surface area (Å²) in [6, 6.07) is 12.5. The van der Waals surface area contributed by atoms with Gasteiger partial charge in [0.25, 0.3) is 0 Å². The van der Waals surface area contributed by atoms with Gasteiger partial charge in [0.1, 0.15) is 12.1 Å². The molecule has 0 aliphatic carbocycles. The van der Waals surface area contributed by atoms with Crippen LogP contribution in [0.15, 0.2) is 48.9 Å². The molecular formula is C18H20N6. The molecule has 0 amide bonds. The number of para-hydroxylation sites is 1. The van der Waals surface area contributed by atoms with Crippen LogP contribution in [0.3, 0.4) is 0 Å². The monoisotopic (exact) mass is 320 g/mol. The lowest BCUT2D eigenvalue weighted by Gasteiger charge is -2.30. The van der Waals surface area contributed by atoms with Crippen molar-refractivity contribution in [2.24, 2.45) is 0 Å². The van der Waals surface area contributed by atoms with E-state index in [0.29, 0.717) is 6.04 Å². The molecule has 1 aliphatic rings. The third kappa shape index (κ3) is 2.75. The van der Waals surface area contributed by atoms with Gasteiger partial charge in [0.15, 0.2) is 5.82 Å². The van der Waals surface area contributed by atoms with E-state index in [1.165, 1.54) is 6.42 Å². The summed E-state index contributed by atoms with van der Waals surface area (Å²) in [5.74, 6) is 1.94. The van der Waals surface area contributed by atoms with Gasteiger partial charge in [-0.1, -0.05) is 12.1 Å². The predicted molar refractivity (Wildman–Crippen MR) is 95.2 cm³/mol. The molecule has 1 atom stereocenters. The molecule has 0 saturated carbocycles. The molecule has 2 aromatic heterocycles. The van der Waals surface area contributed by atoms with Crippen molar-refractivity contribution >= 4 is 22.5 Å². The molecule has 6 heteroatoms. The normalized spacial score (nSPS) is 17.4. The topological polar surface area (TPSA) is 58.0 Å². The van der Waals surface area contributed by atoms with Gasteiger partial charge in [-0.3, -0.25) is 0 Å². The number of rotatable bonds is 4. The average Bonchev–Trinajstić information content (AvgIpc) is 3.10. The fraction of sp³-hybridized carbons (Fsp3) is 0.333. The van der Waals surface area contributed by atoms with Gasteiger partial charge in [-0.2, -0.15) is 5.10 Å². The van der Waals surface area contributed by atoms with Crippen LogP contribution in [-0.4, -0.2) is 46.3 Å². The minimum atomic E-state index is 0.417. The highest BCUT2D eigenvalue weighted by Crippen LogP contribution is 2.26. The highest BCUT2D eigenvalue weighted by atomic mass is 15.3. The van der Waals surface area contributed by atoms with Crippen LogP contribution in [0.5, 0.6) is 0 Å². The molecule has 1 saturated heterocycles. The second-order valence-electron chi connectivity index (χ2n) is 6.17.